The molecule has 0 saturated carbocycles. The molecule has 1 amide bonds. The zero-order valence-corrected chi connectivity index (χ0v) is 15.0. The molecule has 3 rings (SSSR count). The number of carbonyl (C=O) groups excluding carboxylic acids is 1. The van der Waals surface area contributed by atoms with Crippen molar-refractivity contribution >= 4 is 17.3 Å². The minimum absolute atomic E-state index is 0.101. The fraction of sp³-hybridized carbons (Fsp3) is 0.316. The molecule has 2 atom stereocenters. The van der Waals surface area contributed by atoms with Crippen LogP contribution in [0.1, 0.15) is 22.3 Å². The Hall–Kier alpha value is -2.41. The van der Waals surface area contributed by atoms with Gasteiger partial charge in [0.25, 0.3) is 0 Å². The second kappa shape index (κ2) is 7.23. The molecule has 0 radical (unpaired) electrons. The first-order chi connectivity index (χ1) is 12.0. The van der Waals surface area contributed by atoms with E-state index < -0.39 is 6.04 Å². The van der Waals surface area contributed by atoms with Crippen LogP contribution in [-0.4, -0.2) is 18.1 Å². The monoisotopic (exact) mass is 339 g/mol. The molecule has 1 fully saturated rings. The van der Waals surface area contributed by atoms with Crippen LogP contribution in [0.15, 0.2) is 36.4 Å². The summed E-state index contributed by atoms with van der Waals surface area (Å²) in [5.41, 5.74) is 15.2. The third kappa shape index (κ3) is 3.82. The van der Waals surface area contributed by atoms with Crippen LogP contribution in [0.2, 0.25) is 0 Å². The van der Waals surface area contributed by atoms with E-state index in [0.717, 1.165) is 22.5 Å². The first-order valence-electron chi connectivity index (χ1n) is 8.42. The van der Waals surface area contributed by atoms with Crippen molar-refractivity contribution in [2.45, 2.75) is 39.9 Å². The minimum atomic E-state index is -0.458. The number of hydrazine groups is 2. The van der Waals surface area contributed by atoms with Crippen molar-refractivity contribution < 1.29 is 4.79 Å². The Morgan fingerprint density at radius 2 is 1.64 bits per heavy atom. The lowest BCUT2D eigenvalue weighted by atomic mass is 10.1. The third-order valence-corrected chi connectivity index (χ3v) is 4.63. The molecule has 25 heavy (non-hydrogen) atoms. The second-order valence-corrected chi connectivity index (χ2v) is 6.57. The van der Waals surface area contributed by atoms with E-state index in [2.05, 4.69) is 53.0 Å². The molecule has 0 aromatic heterocycles. The van der Waals surface area contributed by atoms with Gasteiger partial charge in [-0.25, -0.2) is 10.9 Å². The van der Waals surface area contributed by atoms with Crippen molar-refractivity contribution in [2.75, 3.05) is 10.6 Å². The Labute approximate surface area is 148 Å². The number of amides is 1. The molecular weight excluding hydrogens is 314 g/mol. The summed E-state index contributed by atoms with van der Waals surface area (Å²) in [6, 6.07) is 11.7. The van der Waals surface area contributed by atoms with Crippen molar-refractivity contribution in [3.63, 3.8) is 0 Å². The van der Waals surface area contributed by atoms with Crippen LogP contribution < -0.4 is 27.0 Å². The molecule has 132 valence electrons. The van der Waals surface area contributed by atoms with Gasteiger partial charge in [-0.15, -0.1) is 0 Å². The van der Waals surface area contributed by atoms with Crippen molar-refractivity contribution in [1.29, 1.82) is 0 Å². The van der Waals surface area contributed by atoms with Crippen LogP contribution in [0.25, 0.3) is 0 Å². The van der Waals surface area contributed by atoms with Crippen molar-refractivity contribution in [3.8, 4) is 0 Å². The smallest absolute Gasteiger partial charge is 0.246 e. The molecule has 1 saturated heterocycles. The molecule has 2 unspecified atom stereocenters. The number of para-hydroxylation sites is 1. The molecule has 1 aliphatic heterocycles. The average molecular weight is 339 g/mol. The Balaban J connectivity index is 1.72. The van der Waals surface area contributed by atoms with Crippen LogP contribution in [0.4, 0.5) is 11.4 Å². The summed E-state index contributed by atoms with van der Waals surface area (Å²) in [6.45, 7) is 8.14. The number of carbonyl (C=O) groups is 1. The number of hydrogen-bond acceptors (Lipinski definition) is 5. The van der Waals surface area contributed by atoms with Crippen LogP contribution in [-0.2, 0) is 4.79 Å². The molecule has 0 spiro atoms. The molecular formula is C19H25N5O. The van der Waals surface area contributed by atoms with Gasteiger partial charge in [0.15, 0.2) is 0 Å². The maximum atomic E-state index is 12.7. The van der Waals surface area contributed by atoms with Gasteiger partial charge in [-0.3, -0.25) is 4.79 Å². The van der Waals surface area contributed by atoms with Gasteiger partial charge in [0.05, 0.1) is 0 Å². The van der Waals surface area contributed by atoms with Gasteiger partial charge in [-0.2, -0.15) is 5.53 Å². The van der Waals surface area contributed by atoms with Crippen LogP contribution in [0.5, 0.6) is 0 Å². The van der Waals surface area contributed by atoms with Gasteiger partial charge in [0.2, 0.25) is 5.91 Å². The summed E-state index contributed by atoms with van der Waals surface area (Å²) in [5.74, 6) is -0.101. The van der Waals surface area contributed by atoms with Gasteiger partial charge in [0, 0.05) is 11.4 Å². The van der Waals surface area contributed by atoms with Gasteiger partial charge >= 0.3 is 0 Å². The normalized spacial score (nSPS) is 19.7. The van der Waals surface area contributed by atoms with Crippen molar-refractivity contribution in [2.24, 2.45) is 0 Å². The first-order valence-corrected chi connectivity index (χ1v) is 8.42. The largest absolute Gasteiger partial charge is 0.367 e. The minimum Gasteiger partial charge on any atom is -0.367 e. The maximum Gasteiger partial charge on any atom is 0.246 e. The molecule has 1 heterocycles. The van der Waals surface area contributed by atoms with E-state index in [0.29, 0.717) is 0 Å². The zero-order chi connectivity index (χ0) is 18.0. The predicted octanol–water partition coefficient (Wildman–Crippen LogP) is 2.28. The van der Waals surface area contributed by atoms with E-state index in [1.807, 2.05) is 38.1 Å². The number of nitrogens with one attached hydrogen (secondary N) is 5. The Morgan fingerprint density at radius 3 is 2.32 bits per heavy atom. The van der Waals surface area contributed by atoms with Crippen LogP contribution in [0, 0.1) is 27.7 Å². The first kappa shape index (κ1) is 17.4. The summed E-state index contributed by atoms with van der Waals surface area (Å²) < 4.78 is 0. The van der Waals surface area contributed by atoms with Gasteiger partial charge in [0.1, 0.15) is 12.2 Å². The summed E-state index contributed by atoms with van der Waals surface area (Å²) in [6.07, 6.45) is -0.272. The number of anilines is 2. The summed E-state index contributed by atoms with van der Waals surface area (Å²) in [5, 5.41) is 6.39. The lowest BCUT2D eigenvalue weighted by Gasteiger charge is -2.21. The van der Waals surface area contributed by atoms with E-state index in [4.69, 9.17) is 0 Å². The molecule has 6 nitrogen and oxygen atoms in total. The molecule has 6 heteroatoms. The number of aryl methyl sites for hydroxylation is 4. The van der Waals surface area contributed by atoms with Crippen LogP contribution in [0.3, 0.4) is 0 Å². The third-order valence-electron chi connectivity index (χ3n) is 4.63. The fourth-order valence-corrected chi connectivity index (χ4v) is 2.92. The topological polar surface area (TPSA) is 77.2 Å². The highest BCUT2D eigenvalue weighted by Gasteiger charge is 2.33. The van der Waals surface area contributed by atoms with E-state index >= 15 is 0 Å². The summed E-state index contributed by atoms with van der Waals surface area (Å²) >= 11 is 0. The van der Waals surface area contributed by atoms with Gasteiger partial charge in [-0.1, -0.05) is 24.3 Å². The van der Waals surface area contributed by atoms with Crippen molar-refractivity contribution in [3.05, 3.63) is 58.7 Å². The van der Waals surface area contributed by atoms with Gasteiger partial charge in [-0.05, 0) is 62.1 Å². The quantitative estimate of drug-likeness (QED) is 0.591. The lowest BCUT2D eigenvalue weighted by molar-refractivity contribution is -0.118. The standard InChI is InChI=1S/C19H25N5O/c1-11-8-9-15(10-14(11)4)20-18-17(22-24-23-18)19(25)21-16-12(2)6-5-7-13(16)3/h5-10,17-18,20,22-24H,1-4H3,(H,21,25). The second-order valence-electron chi connectivity index (χ2n) is 6.57. The van der Waals surface area contributed by atoms with Crippen molar-refractivity contribution in [1.82, 2.24) is 16.4 Å². The molecule has 1 aliphatic rings. The highest BCUT2D eigenvalue weighted by molar-refractivity contribution is 5.97. The van der Waals surface area contributed by atoms with E-state index in [1.54, 1.807) is 0 Å². The average Bonchev–Trinajstić information content (AvgIpc) is 3.03. The van der Waals surface area contributed by atoms with E-state index in [-0.39, 0.29) is 12.1 Å². The highest BCUT2D eigenvalue weighted by Crippen LogP contribution is 2.20. The predicted molar refractivity (Wildman–Crippen MR) is 101 cm³/mol. The Morgan fingerprint density at radius 1 is 0.920 bits per heavy atom. The lowest BCUT2D eigenvalue weighted by Crippen LogP contribution is -2.48. The molecule has 2 aromatic carbocycles. The van der Waals surface area contributed by atoms with E-state index in [9.17, 15) is 4.79 Å². The molecule has 5 N–H and O–H groups in total. The number of hydrogen-bond donors (Lipinski definition) is 5. The van der Waals surface area contributed by atoms with E-state index in [1.165, 1.54) is 11.1 Å². The molecule has 0 bridgehead atoms. The SMILES string of the molecule is Cc1ccc(NC2NNNC2C(=O)Nc2c(C)cccc2C)cc1C. The van der Waals surface area contributed by atoms with Gasteiger partial charge < -0.3 is 10.6 Å². The molecule has 0 aliphatic carbocycles. The fourth-order valence-electron chi connectivity index (χ4n) is 2.92. The highest BCUT2D eigenvalue weighted by atomic mass is 16.2. The Kier molecular flexibility index (Phi) is 5.03. The number of rotatable bonds is 4. The summed E-state index contributed by atoms with van der Waals surface area (Å²) in [7, 11) is 0. The summed E-state index contributed by atoms with van der Waals surface area (Å²) in [4.78, 5) is 12.7. The molecule has 2 aromatic rings. The zero-order valence-electron chi connectivity index (χ0n) is 15.0. The maximum absolute atomic E-state index is 12.7. The van der Waals surface area contributed by atoms with Crippen LogP contribution >= 0.6 is 0 Å². The Bertz CT molecular complexity index is 769. The number of benzene rings is 2.